The minimum Gasteiger partial charge on any atom is -0.465 e. The van der Waals surface area contributed by atoms with Gasteiger partial charge in [-0.25, -0.2) is 9.78 Å². The zero-order chi connectivity index (χ0) is 14.5. The quantitative estimate of drug-likeness (QED) is 0.846. The van der Waals surface area contributed by atoms with E-state index in [1.54, 1.807) is 19.4 Å². The van der Waals surface area contributed by atoms with E-state index < -0.39 is 6.09 Å². The number of hydrogen-bond acceptors (Lipinski definition) is 4. The van der Waals surface area contributed by atoms with Gasteiger partial charge < -0.3 is 9.84 Å². The lowest BCUT2D eigenvalue weighted by Gasteiger charge is -2.09. The van der Waals surface area contributed by atoms with Gasteiger partial charge in [-0.05, 0) is 17.7 Å². The molecule has 0 saturated heterocycles. The summed E-state index contributed by atoms with van der Waals surface area (Å²) in [5, 5.41) is 11.3. The Morgan fingerprint density at radius 2 is 2.20 bits per heavy atom. The highest BCUT2D eigenvalue weighted by Gasteiger charge is 2.10. The molecule has 6 nitrogen and oxygen atoms in total. The van der Waals surface area contributed by atoms with Crippen LogP contribution in [0.4, 0.5) is 10.5 Å². The Bertz CT molecular complexity index is 617. The third-order valence-corrected chi connectivity index (χ3v) is 2.73. The number of aromatic nitrogens is 2. The number of carboxylic acid groups (broad SMARTS) is 1. The number of carbonyl (C=O) groups is 1. The first kappa shape index (κ1) is 14.2. The number of anilines is 1. The number of amides is 1. The maximum absolute atomic E-state index is 10.8. The molecule has 0 bridgehead atoms. The topological polar surface area (TPSA) is 84.3 Å². The lowest BCUT2D eigenvalue weighted by atomic mass is 10.1. The number of hydrogen-bond donors (Lipinski definition) is 2. The Morgan fingerprint density at radius 3 is 2.80 bits per heavy atom. The van der Waals surface area contributed by atoms with Gasteiger partial charge in [0.25, 0.3) is 0 Å². The zero-order valence-electron chi connectivity index (χ0n) is 10.6. The molecule has 0 unspecified atom stereocenters. The average molecular weight is 294 g/mol. The van der Waals surface area contributed by atoms with E-state index in [9.17, 15) is 4.79 Å². The molecule has 20 heavy (non-hydrogen) atoms. The Hall–Kier alpha value is -2.18. The van der Waals surface area contributed by atoms with Gasteiger partial charge in [-0.2, -0.15) is 0 Å². The van der Waals surface area contributed by atoms with Gasteiger partial charge in [-0.1, -0.05) is 17.7 Å². The maximum atomic E-state index is 10.8. The van der Waals surface area contributed by atoms with Crippen LogP contribution < -0.4 is 5.32 Å². The van der Waals surface area contributed by atoms with E-state index in [0.717, 1.165) is 5.56 Å². The van der Waals surface area contributed by atoms with Crippen LogP contribution in [0.5, 0.6) is 0 Å². The molecule has 0 aliphatic carbocycles. The average Bonchev–Trinajstić information content (AvgIpc) is 2.40. The standard InChI is InChI=1S/C13H12ClN3O3/c1-20-7-8-2-3-10(15-5-8)9-6-16-12(14)4-11(9)17-13(18)19/h2-6H,7H2,1H3,(H,16,17)(H,18,19). The molecule has 2 N–H and O–H groups in total. The summed E-state index contributed by atoms with van der Waals surface area (Å²) in [6, 6.07) is 5.06. The predicted octanol–water partition coefficient (Wildman–Crippen LogP) is 3.03. The van der Waals surface area contributed by atoms with Crippen molar-refractivity contribution in [1.29, 1.82) is 0 Å². The van der Waals surface area contributed by atoms with E-state index in [2.05, 4.69) is 15.3 Å². The van der Waals surface area contributed by atoms with Crippen LogP contribution in [0.1, 0.15) is 5.56 Å². The van der Waals surface area contributed by atoms with Crippen molar-refractivity contribution in [2.45, 2.75) is 6.61 Å². The highest BCUT2D eigenvalue weighted by molar-refractivity contribution is 6.29. The van der Waals surface area contributed by atoms with Crippen molar-refractivity contribution in [3.8, 4) is 11.3 Å². The number of nitrogens with one attached hydrogen (secondary N) is 1. The van der Waals surface area contributed by atoms with E-state index in [0.29, 0.717) is 23.6 Å². The molecule has 0 aliphatic rings. The number of nitrogens with zero attached hydrogens (tertiary/aromatic N) is 2. The highest BCUT2D eigenvalue weighted by atomic mass is 35.5. The Labute approximate surface area is 120 Å². The van der Waals surface area contributed by atoms with Crippen LogP contribution in [0.3, 0.4) is 0 Å². The summed E-state index contributed by atoms with van der Waals surface area (Å²) in [4.78, 5) is 19.0. The molecule has 0 atom stereocenters. The fourth-order valence-electron chi connectivity index (χ4n) is 1.69. The van der Waals surface area contributed by atoms with Gasteiger partial charge in [0.05, 0.1) is 18.0 Å². The molecule has 104 valence electrons. The van der Waals surface area contributed by atoms with Crippen LogP contribution in [0.25, 0.3) is 11.3 Å². The third-order valence-electron chi connectivity index (χ3n) is 2.52. The highest BCUT2D eigenvalue weighted by Crippen LogP contribution is 2.27. The first-order valence-electron chi connectivity index (χ1n) is 5.70. The van der Waals surface area contributed by atoms with Crippen molar-refractivity contribution in [1.82, 2.24) is 9.97 Å². The number of rotatable bonds is 4. The molecule has 0 saturated carbocycles. The minimum atomic E-state index is -1.18. The molecule has 2 aromatic heterocycles. The second kappa shape index (κ2) is 6.31. The van der Waals surface area contributed by atoms with Crippen molar-refractivity contribution >= 4 is 23.4 Å². The molecule has 1 amide bonds. The normalized spacial score (nSPS) is 10.3. The SMILES string of the molecule is COCc1ccc(-c2cnc(Cl)cc2NC(=O)O)nc1. The van der Waals surface area contributed by atoms with Crippen molar-refractivity contribution in [2.75, 3.05) is 12.4 Å². The second-order valence-corrected chi connectivity index (χ2v) is 4.35. The van der Waals surface area contributed by atoms with E-state index >= 15 is 0 Å². The predicted molar refractivity (Wildman–Crippen MR) is 74.8 cm³/mol. The van der Waals surface area contributed by atoms with E-state index in [1.807, 2.05) is 6.07 Å². The van der Waals surface area contributed by atoms with Crippen molar-refractivity contribution in [3.05, 3.63) is 41.3 Å². The smallest absolute Gasteiger partial charge is 0.409 e. The monoisotopic (exact) mass is 293 g/mol. The maximum Gasteiger partial charge on any atom is 0.409 e. The third kappa shape index (κ3) is 3.43. The van der Waals surface area contributed by atoms with E-state index in [4.69, 9.17) is 21.4 Å². The van der Waals surface area contributed by atoms with Gasteiger partial charge >= 0.3 is 6.09 Å². The zero-order valence-corrected chi connectivity index (χ0v) is 11.4. The van der Waals surface area contributed by atoms with Crippen LogP contribution in [0.2, 0.25) is 5.15 Å². The van der Waals surface area contributed by atoms with Gasteiger partial charge in [0.1, 0.15) is 5.15 Å². The summed E-state index contributed by atoms with van der Waals surface area (Å²) in [6.45, 7) is 0.465. The lowest BCUT2D eigenvalue weighted by Crippen LogP contribution is -2.09. The van der Waals surface area contributed by atoms with Crippen molar-refractivity contribution in [3.63, 3.8) is 0 Å². The summed E-state index contributed by atoms with van der Waals surface area (Å²) in [5.41, 5.74) is 2.41. The molecule has 0 fully saturated rings. The largest absolute Gasteiger partial charge is 0.465 e. The summed E-state index contributed by atoms with van der Waals surface area (Å²) in [5.74, 6) is 0. The number of ether oxygens (including phenoxy) is 1. The number of pyridine rings is 2. The summed E-state index contributed by atoms with van der Waals surface area (Å²) >= 11 is 5.77. The van der Waals surface area contributed by atoms with Crippen LogP contribution in [0, 0.1) is 0 Å². The molecule has 0 aromatic carbocycles. The lowest BCUT2D eigenvalue weighted by molar-refractivity contribution is 0.184. The van der Waals surface area contributed by atoms with Crippen molar-refractivity contribution < 1.29 is 14.6 Å². The Balaban J connectivity index is 2.38. The van der Waals surface area contributed by atoms with Gasteiger partial charge in [0, 0.05) is 25.1 Å². The molecule has 7 heteroatoms. The molecular formula is C13H12ClN3O3. The van der Waals surface area contributed by atoms with E-state index in [-0.39, 0.29) is 5.15 Å². The molecule has 2 heterocycles. The minimum absolute atomic E-state index is 0.202. The summed E-state index contributed by atoms with van der Waals surface area (Å²) < 4.78 is 5.01. The fraction of sp³-hybridized carbons (Fsp3) is 0.154. The van der Waals surface area contributed by atoms with Crippen LogP contribution >= 0.6 is 11.6 Å². The molecule has 2 aromatic rings. The Morgan fingerprint density at radius 1 is 1.40 bits per heavy atom. The van der Waals surface area contributed by atoms with E-state index in [1.165, 1.54) is 12.3 Å². The first-order chi connectivity index (χ1) is 9.60. The summed E-state index contributed by atoms with van der Waals surface area (Å²) in [7, 11) is 1.60. The Kier molecular flexibility index (Phi) is 4.49. The van der Waals surface area contributed by atoms with Gasteiger partial charge in [-0.3, -0.25) is 10.3 Å². The van der Waals surface area contributed by atoms with Gasteiger partial charge in [0.15, 0.2) is 0 Å². The van der Waals surface area contributed by atoms with Crippen LogP contribution in [-0.4, -0.2) is 28.3 Å². The molecule has 2 rings (SSSR count). The van der Waals surface area contributed by atoms with Crippen LogP contribution in [0.15, 0.2) is 30.6 Å². The molecule has 0 radical (unpaired) electrons. The molecular weight excluding hydrogens is 282 g/mol. The van der Waals surface area contributed by atoms with Gasteiger partial charge in [0.2, 0.25) is 0 Å². The summed E-state index contributed by atoms with van der Waals surface area (Å²) in [6.07, 6.45) is 1.97. The number of halogens is 1. The molecule has 0 spiro atoms. The second-order valence-electron chi connectivity index (χ2n) is 3.97. The number of methoxy groups -OCH3 is 1. The fourth-order valence-corrected chi connectivity index (χ4v) is 1.85. The van der Waals surface area contributed by atoms with Crippen molar-refractivity contribution in [2.24, 2.45) is 0 Å². The first-order valence-corrected chi connectivity index (χ1v) is 6.07. The molecule has 0 aliphatic heterocycles. The van der Waals surface area contributed by atoms with Gasteiger partial charge in [-0.15, -0.1) is 0 Å². The van der Waals surface area contributed by atoms with Crippen LogP contribution in [-0.2, 0) is 11.3 Å².